The van der Waals surface area contributed by atoms with E-state index >= 15 is 0 Å². The Balaban J connectivity index is 2.11. The number of halogens is 1. The highest BCUT2D eigenvalue weighted by molar-refractivity contribution is 7.91. The van der Waals surface area contributed by atoms with Crippen molar-refractivity contribution in [2.45, 2.75) is 18.3 Å². The van der Waals surface area contributed by atoms with Crippen molar-refractivity contribution in [3.8, 4) is 0 Å². The smallest absolute Gasteiger partial charge is 0.225 e. The molecule has 7 heteroatoms. The minimum atomic E-state index is -2.88. The first kappa shape index (κ1) is 12.6. The summed E-state index contributed by atoms with van der Waals surface area (Å²) in [5.41, 5.74) is 0.850. The molecule has 2 heterocycles. The molecule has 1 atom stereocenters. The second-order valence-electron chi connectivity index (χ2n) is 4.19. The van der Waals surface area contributed by atoms with Crippen LogP contribution in [0, 0.1) is 0 Å². The van der Waals surface area contributed by atoms with E-state index in [9.17, 15) is 8.42 Å². The van der Waals surface area contributed by atoms with Gasteiger partial charge in [-0.1, -0.05) is 0 Å². The van der Waals surface area contributed by atoms with Gasteiger partial charge in [0.15, 0.2) is 9.84 Å². The van der Waals surface area contributed by atoms with Crippen LogP contribution in [0.5, 0.6) is 0 Å². The van der Waals surface area contributed by atoms with E-state index in [1.54, 1.807) is 12.4 Å². The Morgan fingerprint density at radius 1 is 1.47 bits per heavy atom. The number of sulfone groups is 1. The molecule has 0 aliphatic carbocycles. The van der Waals surface area contributed by atoms with E-state index in [-0.39, 0.29) is 17.5 Å². The molecule has 0 N–H and O–H groups in total. The lowest BCUT2D eigenvalue weighted by atomic mass is 10.2. The lowest BCUT2D eigenvalue weighted by Gasteiger charge is -2.23. The molecule has 1 fully saturated rings. The topological polar surface area (TPSA) is 63.2 Å². The molecule has 0 radical (unpaired) electrons. The average molecular weight is 276 g/mol. The zero-order valence-electron chi connectivity index (χ0n) is 9.50. The molecular weight excluding hydrogens is 262 g/mol. The van der Waals surface area contributed by atoms with E-state index < -0.39 is 9.84 Å². The SMILES string of the molecule is CN(c1ncc(CCl)cn1)C1CCS(=O)(=O)C1. The van der Waals surface area contributed by atoms with Crippen LogP contribution in [0.25, 0.3) is 0 Å². The van der Waals surface area contributed by atoms with Crippen LogP contribution in [0.15, 0.2) is 12.4 Å². The van der Waals surface area contributed by atoms with E-state index in [4.69, 9.17) is 11.6 Å². The van der Waals surface area contributed by atoms with Crippen molar-refractivity contribution in [1.82, 2.24) is 9.97 Å². The normalized spacial score (nSPS) is 22.6. The van der Waals surface area contributed by atoms with E-state index in [1.807, 2.05) is 11.9 Å². The Morgan fingerprint density at radius 3 is 2.59 bits per heavy atom. The molecule has 2 rings (SSSR count). The van der Waals surface area contributed by atoms with Crippen LogP contribution < -0.4 is 4.90 Å². The summed E-state index contributed by atoms with van der Waals surface area (Å²) in [5.74, 6) is 1.36. The summed E-state index contributed by atoms with van der Waals surface area (Å²) in [5, 5.41) is 0. The monoisotopic (exact) mass is 275 g/mol. The van der Waals surface area contributed by atoms with Crippen molar-refractivity contribution in [2.24, 2.45) is 0 Å². The van der Waals surface area contributed by atoms with Crippen LogP contribution >= 0.6 is 11.6 Å². The maximum Gasteiger partial charge on any atom is 0.225 e. The van der Waals surface area contributed by atoms with Crippen LogP contribution in [0.1, 0.15) is 12.0 Å². The first-order chi connectivity index (χ1) is 8.02. The average Bonchev–Trinajstić information content (AvgIpc) is 2.69. The van der Waals surface area contributed by atoms with Gasteiger partial charge in [-0.05, 0) is 6.42 Å². The third kappa shape index (κ3) is 2.87. The Labute approximate surface area is 106 Å². The van der Waals surface area contributed by atoms with Gasteiger partial charge in [0.1, 0.15) is 0 Å². The highest BCUT2D eigenvalue weighted by Gasteiger charge is 2.31. The van der Waals surface area contributed by atoms with Crippen LogP contribution in [0.4, 0.5) is 5.95 Å². The molecule has 1 aliphatic rings. The summed E-state index contributed by atoms with van der Waals surface area (Å²) in [6, 6.07) is -0.0261. The standard InChI is InChI=1S/C10H14ClN3O2S/c1-14(9-2-3-17(15,16)7-9)10-12-5-8(4-11)6-13-10/h5-6,9H,2-4,7H2,1H3. The molecule has 17 heavy (non-hydrogen) atoms. The quantitative estimate of drug-likeness (QED) is 0.765. The number of hydrogen-bond donors (Lipinski definition) is 0. The summed E-state index contributed by atoms with van der Waals surface area (Å²) in [6.45, 7) is 0. The third-order valence-electron chi connectivity index (χ3n) is 2.92. The molecule has 0 spiro atoms. The minimum Gasteiger partial charge on any atom is -0.340 e. The number of rotatable bonds is 3. The molecule has 1 aromatic heterocycles. The number of nitrogens with zero attached hydrogens (tertiary/aromatic N) is 3. The van der Waals surface area contributed by atoms with E-state index in [1.165, 1.54) is 0 Å². The Kier molecular flexibility index (Phi) is 3.53. The predicted octanol–water partition coefficient (Wildman–Crippen LogP) is 0.839. The molecule has 0 amide bonds. The first-order valence-electron chi connectivity index (χ1n) is 5.32. The summed E-state index contributed by atoms with van der Waals surface area (Å²) in [6.07, 6.45) is 3.96. The largest absolute Gasteiger partial charge is 0.340 e. The third-order valence-corrected chi connectivity index (χ3v) is 4.98. The molecule has 1 saturated heterocycles. The van der Waals surface area contributed by atoms with Crippen LogP contribution in [-0.2, 0) is 15.7 Å². The van der Waals surface area contributed by atoms with Gasteiger partial charge in [-0.2, -0.15) is 0 Å². The van der Waals surface area contributed by atoms with Crippen LogP contribution in [0.3, 0.4) is 0 Å². The van der Waals surface area contributed by atoms with Crippen LogP contribution in [0.2, 0.25) is 0 Å². The van der Waals surface area contributed by atoms with Crippen molar-refractivity contribution in [3.63, 3.8) is 0 Å². The lowest BCUT2D eigenvalue weighted by molar-refractivity contribution is 0.600. The summed E-state index contributed by atoms with van der Waals surface area (Å²) >= 11 is 5.65. The van der Waals surface area contributed by atoms with Gasteiger partial charge in [0.2, 0.25) is 5.95 Å². The zero-order chi connectivity index (χ0) is 12.5. The maximum absolute atomic E-state index is 11.4. The van der Waals surface area contributed by atoms with E-state index in [2.05, 4.69) is 9.97 Å². The second-order valence-corrected chi connectivity index (χ2v) is 6.69. The van der Waals surface area contributed by atoms with Crippen molar-refractivity contribution < 1.29 is 8.42 Å². The Morgan fingerprint density at radius 2 is 2.12 bits per heavy atom. The predicted molar refractivity (Wildman–Crippen MR) is 67.1 cm³/mol. The van der Waals surface area contributed by atoms with Gasteiger partial charge < -0.3 is 4.90 Å². The highest BCUT2D eigenvalue weighted by Crippen LogP contribution is 2.19. The number of alkyl halides is 1. The van der Waals surface area contributed by atoms with Gasteiger partial charge in [0.25, 0.3) is 0 Å². The number of hydrogen-bond acceptors (Lipinski definition) is 5. The number of aromatic nitrogens is 2. The minimum absolute atomic E-state index is 0.0261. The van der Waals surface area contributed by atoms with Gasteiger partial charge in [-0.15, -0.1) is 11.6 Å². The zero-order valence-corrected chi connectivity index (χ0v) is 11.1. The van der Waals surface area contributed by atoms with Crippen LogP contribution in [-0.4, -0.2) is 43.0 Å². The summed E-state index contributed by atoms with van der Waals surface area (Å²) in [4.78, 5) is 10.2. The van der Waals surface area contributed by atoms with Crippen molar-refractivity contribution in [3.05, 3.63) is 18.0 Å². The van der Waals surface area contributed by atoms with Gasteiger partial charge in [-0.3, -0.25) is 0 Å². The molecule has 1 aliphatic heterocycles. The fraction of sp³-hybridized carbons (Fsp3) is 0.600. The Hall–Kier alpha value is -0.880. The second kappa shape index (κ2) is 4.78. The lowest BCUT2D eigenvalue weighted by Crippen LogP contribution is -2.33. The fourth-order valence-electron chi connectivity index (χ4n) is 1.84. The van der Waals surface area contributed by atoms with Crippen molar-refractivity contribution >= 4 is 27.4 Å². The molecule has 1 aromatic rings. The molecule has 1 unspecified atom stereocenters. The van der Waals surface area contributed by atoms with Crippen molar-refractivity contribution in [1.29, 1.82) is 0 Å². The van der Waals surface area contributed by atoms with E-state index in [0.29, 0.717) is 18.2 Å². The molecule has 0 aromatic carbocycles. The van der Waals surface area contributed by atoms with Crippen molar-refractivity contribution in [2.75, 3.05) is 23.5 Å². The van der Waals surface area contributed by atoms with Gasteiger partial charge in [0, 0.05) is 31.0 Å². The van der Waals surface area contributed by atoms with Gasteiger partial charge >= 0.3 is 0 Å². The molecule has 0 saturated carbocycles. The van der Waals surface area contributed by atoms with Gasteiger partial charge in [0.05, 0.1) is 17.4 Å². The summed E-state index contributed by atoms with van der Waals surface area (Å²) < 4.78 is 22.8. The maximum atomic E-state index is 11.4. The number of anilines is 1. The highest BCUT2D eigenvalue weighted by atomic mass is 35.5. The van der Waals surface area contributed by atoms with Gasteiger partial charge in [-0.25, -0.2) is 18.4 Å². The molecule has 0 bridgehead atoms. The molecular formula is C10H14ClN3O2S. The summed E-state index contributed by atoms with van der Waals surface area (Å²) in [7, 11) is -1.06. The van der Waals surface area contributed by atoms with E-state index in [0.717, 1.165) is 5.56 Å². The molecule has 94 valence electrons. The fourth-order valence-corrected chi connectivity index (χ4v) is 3.76. The Bertz CT molecular complexity index is 489. The molecule has 5 nitrogen and oxygen atoms in total. The first-order valence-corrected chi connectivity index (χ1v) is 7.67.